The standard InChI is InChI=1S/C20H13FN4O2/c1-27-15-8-4-13(5-9-15)18-16(10-22)19(26)25-17(11-23-20(25)24-18)12-2-6-14(21)7-3-12/h2-9,11H,1H3,(H,23,24). The molecule has 7 heteroatoms. The van der Waals surface area contributed by atoms with E-state index in [1.807, 2.05) is 6.07 Å². The van der Waals surface area contributed by atoms with E-state index in [0.29, 0.717) is 34.0 Å². The Morgan fingerprint density at radius 1 is 1.11 bits per heavy atom. The zero-order valence-electron chi connectivity index (χ0n) is 14.2. The Hall–Kier alpha value is -3.92. The number of methoxy groups -OCH3 is 1. The summed E-state index contributed by atoms with van der Waals surface area (Å²) in [5.74, 6) is 0.588. The van der Waals surface area contributed by atoms with Crippen molar-refractivity contribution in [3.63, 3.8) is 0 Å². The molecule has 0 saturated carbocycles. The molecule has 0 radical (unpaired) electrons. The average Bonchev–Trinajstić information content (AvgIpc) is 3.13. The van der Waals surface area contributed by atoms with Gasteiger partial charge < -0.3 is 9.72 Å². The third-order valence-electron chi connectivity index (χ3n) is 4.30. The predicted molar refractivity (Wildman–Crippen MR) is 97.9 cm³/mol. The minimum absolute atomic E-state index is 0.0333. The Bertz CT molecular complexity index is 1230. The van der Waals surface area contributed by atoms with Crippen molar-refractivity contribution in [3.8, 4) is 34.3 Å². The van der Waals surface area contributed by atoms with Gasteiger partial charge in [-0.05, 0) is 54.1 Å². The lowest BCUT2D eigenvalue weighted by atomic mass is 10.1. The van der Waals surface area contributed by atoms with Crippen LogP contribution in [0.2, 0.25) is 0 Å². The fourth-order valence-corrected chi connectivity index (χ4v) is 2.94. The first-order valence-corrected chi connectivity index (χ1v) is 8.06. The monoisotopic (exact) mass is 360 g/mol. The molecule has 0 atom stereocenters. The topological polar surface area (TPSA) is 83.2 Å². The third kappa shape index (κ3) is 2.73. The molecule has 2 aromatic heterocycles. The first kappa shape index (κ1) is 16.5. The van der Waals surface area contributed by atoms with Gasteiger partial charge in [-0.1, -0.05) is 0 Å². The Labute approximate surface area is 153 Å². The van der Waals surface area contributed by atoms with E-state index in [9.17, 15) is 14.4 Å². The van der Waals surface area contributed by atoms with Gasteiger partial charge in [0.25, 0.3) is 5.56 Å². The van der Waals surface area contributed by atoms with E-state index >= 15 is 0 Å². The maximum atomic E-state index is 13.2. The number of nitriles is 1. The number of nitrogens with zero attached hydrogens (tertiary/aromatic N) is 3. The van der Waals surface area contributed by atoms with Crippen LogP contribution in [0, 0.1) is 17.1 Å². The average molecular weight is 360 g/mol. The van der Waals surface area contributed by atoms with Crippen LogP contribution in [0.25, 0.3) is 28.3 Å². The Kier molecular flexibility index (Phi) is 3.94. The molecule has 27 heavy (non-hydrogen) atoms. The fourth-order valence-electron chi connectivity index (χ4n) is 2.94. The molecule has 0 amide bonds. The van der Waals surface area contributed by atoms with E-state index < -0.39 is 5.56 Å². The largest absolute Gasteiger partial charge is 0.497 e. The number of aromatic amines is 1. The quantitative estimate of drug-likeness (QED) is 0.607. The molecule has 0 saturated heterocycles. The molecular weight excluding hydrogens is 347 g/mol. The molecule has 2 aromatic carbocycles. The van der Waals surface area contributed by atoms with Gasteiger partial charge in [0.1, 0.15) is 23.2 Å². The highest BCUT2D eigenvalue weighted by molar-refractivity contribution is 5.70. The van der Waals surface area contributed by atoms with E-state index in [4.69, 9.17) is 4.74 Å². The summed E-state index contributed by atoms with van der Waals surface area (Å²) >= 11 is 0. The number of hydrogen-bond donors (Lipinski definition) is 1. The van der Waals surface area contributed by atoms with Gasteiger partial charge in [0.2, 0.25) is 5.78 Å². The summed E-state index contributed by atoms with van der Waals surface area (Å²) in [5.41, 5.74) is 1.62. The lowest BCUT2D eigenvalue weighted by Crippen LogP contribution is -2.19. The highest BCUT2D eigenvalue weighted by atomic mass is 19.1. The normalized spacial score (nSPS) is 10.7. The molecule has 4 rings (SSSR count). The highest BCUT2D eigenvalue weighted by Gasteiger charge is 2.17. The molecule has 132 valence electrons. The van der Waals surface area contributed by atoms with Gasteiger partial charge in [-0.3, -0.25) is 4.79 Å². The Morgan fingerprint density at radius 2 is 1.78 bits per heavy atom. The van der Waals surface area contributed by atoms with Gasteiger partial charge in [0.05, 0.1) is 24.7 Å². The van der Waals surface area contributed by atoms with Crippen LogP contribution in [0.1, 0.15) is 5.56 Å². The van der Waals surface area contributed by atoms with Crippen molar-refractivity contribution in [1.82, 2.24) is 14.4 Å². The van der Waals surface area contributed by atoms with E-state index in [1.165, 1.54) is 22.7 Å². The van der Waals surface area contributed by atoms with Crippen molar-refractivity contribution in [1.29, 1.82) is 5.26 Å². The summed E-state index contributed by atoms with van der Waals surface area (Å²) in [7, 11) is 1.56. The summed E-state index contributed by atoms with van der Waals surface area (Å²) in [6, 6.07) is 14.7. The number of aromatic nitrogens is 3. The third-order valence-corrected chi connectivity index (χ3v) is 4.30. The van der Waals surface area contributed by atoms with Crippen LogP contribution in [0.5, 0.6) is 5.75 Å². The van der Waals surface area contributed by atoms with Crippen LogP contribution in [-0.2, 0) is 0 Å². The number of nitrogens with one attached hydrogen (secondary N) is 1. The molecule has 0 bridgehead atoms. The first-order valence-electron chi connectivity index (χ1n) is 8.06. The number of imidazole rings is 1. The van der Waals surface area contributed by atoms with E-state index in [2.05, 4.69) is 9.97 Å². The summed E-state index contributed by atoms with van der Waals surface area (Å²) in [5, 5.41) is 9.58. The molecule has 2 heterocycles. The summed E-state index contributed by atoms with van der Waals surface area (Å²) < 4.78 is 19.6. The molecule has 0 fully saturated rings. The zero-order chi connectivity index (χ0) is 19.0. The van der Waals surface area contributed by atoms with Crippen LogP contribution < -0.4 is 10.3 Å². The van der Waals surface area contributed by atoms with Gasteiger partial charge in [-0.15, -0.1) is 0 Å². The maximum Gasteiger partial charge on any atom is 0.278 e. The fraction of sp³-hybridized carbons (Fsp3) is 0.0500. The van der Waals surface area contributed by atoms with E-state index in [1.54, 1.807) is 43.5 Å². The number of benzene rings is 2. The Balaban J connectivity index is 1.95. The molecule has 0 aliphatic heterocycles. The summed E-state index contributed by atoms with van der Waals surface area (Å²) in [4.78, 5) is 20.3. The zero-order valence-corrected chi connectivity index (χ0v) is 14.2. The smallest absolute Gasteiger partial charge is 0.278 e. The molecule has 0 aliphatic rings. The number of halogens is 1. The van der Waals surface area contributed by atoms with Crippen LogP contribution in [0.3, 0.4) is 0 Å². The number of hydrogen-bond acceptors (Lipinski definition) is 4. The van der Waals surface area contributed by atoms with Crippen LogP contribution in [0.4, 0.5) is 4.39 Å². The van der Waals surface area contributed by atoms with Gasteiger partial charge >= 0.3 is 0 Å². The van der Waals surface area contributed by atoms with Crippen LogP contribution in [-0.4, -0.2) is 21.5 Å². The Morgan fingerprint density at radius 3 is 2.41 bits per heavy atom. The lowest BCUT2D eigenvalue weighted by Gasteiger charge is -2.08. The summed E-state index contributed by atoms with van der Waals surface area (Å²) in [6.45, 7) is 0. The van der Waals surface area contributed by atoms with Gasteiger partial charge in [-0.25, -0.2) is 13.8 Å². The predicted octanol–water partition coefficient (Wildman–Crippen LogP) is 3.38. The first-order chi connectivity index (χ1) is 13.1. The van der Waals surface area contributed by atoms with Crippen molar-refractivity contribution in [2.75, 3.05) is 7.11 Å². The minimum atomic E-state index is -0.492. The van der Waals surface area contributed by atoms with Crippen molar-refractivity contribution in [3.05, 3.63) is 76.5 Å². The molecule has 4 aromatic rings. The molecule has 0 unspecified atom stereocenters. The van der Waals surface area contributed by atoms with Crippen molar-refractivity contribution >= 4 is 5.78 Å². The maximum absolute atomic E-state index is 13.2. The number of rotatable bonds is 3. The van der Waals surface area contributed by atoms with Gasteiger partial charge in [0, 0.05) is 5.56 Å². The van der Waals surface area contributed by atoms with E-state index in [-0.39, 0.29) is 11.4 Å². The molecule has 1 N–H and O–H groups in total. The van der Waals surface area contributed by atoms with Crippen molar-refractivity contribution in [2.24, 2.45) is 0 Å². The molecule has 6 nitrogen and oxygen atoms in total. The van der Waals surface area contributed by atoms with E-state index in [0.717, 1.165) is 0 Å². The van der Waals surface area contributed by atoms with Crippen molar-refractivity contribution < 1.29 is 9.13 Å². The lowest BCUT2D eigenvalue weighted by molar-refractivity contribution is 0.415. The molecule has 0 aliphatic carbocycles. The second-order valence-corrected chi connectivity index (χ2v) is 5.83. The highest BCUT2D eigenvalue weighted by Crippen LogP contribution is 2.25. The van der Waals surface area contributed by atoms with Crippen molar-refractivity contribution in [2.45, 2.75) is 0 Å². The number of ether oxygens (including phenoxy) is 1. The van der Waals surface area contributed by atoms with Crippen LogP contribution >= 0.6 is 0 Å². The van der Waals surface area contributed by atoms with Gasteiger partial charge in [0.15, 0.2) is 0 Å². The molecule has 0 spiro atoms. The SMILES string of the molecule is COc1ccc(-c2[nH]c3ncc(-c4ccc(F)cc4)n3c(=O)c2C#N)cc1. The second kappa shape index (κ2) is 6.42. The summed E-state index contributed by atoms with van der Waals surface area (Å²) in [6.07, 6.45) is 1.51. The van der Waals surface area contributed by atoms with Crippen LogP contribution in [0.15, 0.2) is 59.5 Å². The molecular formula is C20H13FN4O2. The minimum Gasteiger partial charge on any atom is -0.497 e. The van der Waals surface area contributed by atoms with Gasteiger partial charge in [-0.2, -0.15) is 5.26 Å². The number of fused-ring (bicyclic) bond motifs is 1. The number of H-pyrrole nitrogens is 1. The second-order valence-electron chi connectivity index (χ2n) is 5.83.